The van der Waals surface area contributed by atoms with Crippen molar-refractivity contribution in [2.75, 3.05) is 5.01 Å². The van der Waals surface area contributed by atoms with Crippen molar-refractivity contribution in [3.63, 3.8) is 0 Å². The van der Waals surface area contributed by atoms with Gasteiger partial charge in [-0.3, -0.25) is 5.01 Å². The standard InChI is InChI=1S/C21H16BrFN4O4/c22-12-3-6-14-11(7-12)9-26-18(15(8-24)27(14)25)17(20(28)29)16(19(26)21(30)31)10-1-4-13(23)5-2-10/h1-8H,9,24-25H2,(H,28,29)(H,30,31)/b15-8-. The molecule has 0 aliphatic carbocycles. The van der Waals surface area contributed by atoms with Gasteiger partial charge in [0, 0.05) is 16.2 Å². The van der Waals surface area contributed by atoms with Gasteiger partial charge in [0.25, 0.3) is 0 Å². The SMILES string of the molecule is N/C=C1/c2c(C(=O)O)c(-c3ccc(F)cc3)c(C(=O)O)n2Cc2cc(Br)ccc2N1N. The predicted octanol–water partition coefficient (Wildman–Crippen LogP) is 3.45. The van der Waals surface area contributed by atoms with Gasteiger partial charge in [0.1, 0.15) is 11.5 Å². The van der Waals surface area contributed by atoms with E-state index in [1.165, 1.54) is 21.7 Å². The zero-order valence-electron chi connectivity index (χ0n) is 15.8. The minimum Gasteiger partial charge on any atom is -0.478 e. The summed E-state index contributed by atoms with van der Waals surface area (Å²) in [5.41, 5.74) is 6.82. The molecular formula is C21H16BrFN4O4. The van der Waals surface area contributed by atoms with Crippen molar-refractivity contribution in [1.82, 2.24) is 4.57 Å². The van der Waals surface area contributed by atoms with E-state index in [0.29, 0.717) is 11.3 Å². The summed E-state index contributed by atoms with van der Waals surface area (Å²) in [7, 11) is 0. The van der Waals surface area contributed by atoms with E-state index in [2.05, 4.69) is 15.9 Å². The number of hydrogen-bond donors (Lipinski definition) is 4. The molecule has 0 atom stereocenters. The number of carbonyl (C=O) groups is 2. The third-order valence-corrected chi connectivity index (χ3v) is 5.60. The summed E-state index contributed by atoms with van der Waals surface area (Å²) >= 11 is 3.39. The normalized spacial score (nSPS) is 14.2. The quantitative estimate of drug-likeness (QED) is 0.416. The van der Waals surface area contributed by atoms with Crippen LogP contribution in [0, 0.1) is 5.82 Å². The molecule has 31 heavy (non-hydrogen) atoms. The molecule has 4 rings (SSSR count). The summed E-state index contributed by atoms with van der Waals surface area (Å²) in [6.45, 7) is 0.0260. The van der Waals surface area contributed by atoms with Gasteiger partial charge in [0.15, 0.2) is 0 Å². The number of hydrazine groups is 1. The Morgan fingerprint density at radius 2 is 1.77 bits per heavy atom. The van der Waals surface area contributed by atoms with E-state index in [4.69, 9.17) is 11.6 Å². The first-order valence-electron chi connectivity index (χ1n) is 8.99. The molecule has 0 spiro atoms. The molecule has 0 amide bonds. The van der Waals surface area contributed by atoms with E-state index in [-0.39, 0.29) is 40.3 Å². The van der Waals surface area contributed by atoms with E-state index in [1.54, 1.807) is 18.2 Å². The number of nitrogens with two attached hydrogens (primary N) is 2. The second-order valence-corrected chi connectivity index (χ2v) is 7.76. The lowest BCUT2D eigenvalue weighted by Crippen LogP contribution is -2.30. The molecule has 0 fully saturated rings. The van der Waals surface area contributed by atoms with Crippen LogP contribution in [0.15, 0.2) is 53.1 Å². The number of rotatable bonds is 3. The first-order chi connectivity index (χ1) is 14.7. The largest absolute Gasteiger partial charge is 0.478 e. The highest BCUT2D eigenvalue weighted by Gasteiger charge is 2.36. The minimum atomic E-state index is -1.37. The van der Waals surface area contributed by atoms with Crippen molar-refractivity contribution in [3.8, 4) is 11.1 Å². The number of aromatic carboxylic acids is 2. The van der Waals surface area contributed by atoms with E-state index in [1.807, 2.05) is 0 Å². The van der Waals surface area contributed by atoms with Crippen LogP contribution < -0.4 is 16.6 Å². The molecule has 0 saturated heterocycles. The van der Waals surface area contributed by atoms with E-state index in [0.717, 1.165) is 22.8 Å². The molecule has 0 saturated carbocycles. The molecule has 1 aliphatic heterocycles. The second kappa shape index (κ2) is 7.56. The van der Waals surface area contributed by atoms with Crippen LogP contribution in [0.1, 0.15) is 32.1 Å². The van der Waals surface area contributed by atoms with Crippen LogP contribution in [-0.4, -0.2) is 26.7 Å². The molecule has 6 N–H and O–H groups in total. The van der Waals surface area contributed by atoms with Crippen molar-refractivity contribution in [1.29, 1.82) is 0 Å². The fourth-order valence-electron chi connectivity index (χ4n) is 3.86. The zero-order valence-corrected chi connectivity index (χ0v) is 17.4. The van der Waals surface area contributed by atoms with E-state index >= 15 is 0 Å². The first-order valence-corrected chi connectivity index (χ1v) is 9.78. The number of carboxylic acid groups (broad SMARTS) is 2. The maximum atomic E-state index is 13.5. The van der Waals surface area contributed by atoms with Gasteiger partial charge in [-0.25, -0.2) is 19.8 Å². The Hall–Kier alpha value is -3.63. The summed E-state index contributed by atoms with van der Waals surface area (Å²) in [6, 6.07) is 10.2. The summed E-state index contributed by atoms with van der Waals surface area (Å²) in [4.78, 5) is 24.7. The maximum Gasteiger partial charge on any atom is 0.353 e. The van der Waals surface area contributed by atoms with Crippen LogP contribution in [0.25, 0.3) is 16.8 Å². The monoisotopic (exact) mass is 486 g/mol. The minimum absolute atomic E-state index is 0.0260. The molecule has 1 aromatic heterocycles. The Morgan fingerprint density at radius 1 is 1.10 bits per heavy atom. The van der Waals surface area contributed by atoms with Crippen LogP contribution in [0.2, 0.25) is 0 Å². The van der Waals surface area contributed by atoms with Crippen LogP contribution in [0.5, 0.6) is 0 Å². The van der Waals surface area contributed by atoms with Crippen molar-refractivity contribution >= 4 is 39.3 Å². The highest BCUT2D eigenvalue weighted by atomic mass is 79.9. The molecule has 0 unspecified atom stereocenters. The third kappa shape index (κ3) is 3.25. The van der Waals surface area contributed by atoms with Crippen LogP contribution >= 0.6 is 15.9 Å². The Bertz CT molecular complexity index is 1270. The Balaban J connectivity index is 2.15. The van der Waals surface area contributed by atoms with Gasteiger partial charge in [-0.15, -0.1) is 0 Å². The lowest BCUT2D eigenvalue weighted by atomic mass is 9.99. The molecule has 158 valence electrons. The smallest absolute Gasteiger partial charge is 0.353 e. The molecular weight excluding hydrogens is 471 g/mol. The van der Waals surface area contributed by atoms with Gasteiger partial charge in [-0.1, -0.05) is 28.1 Å². The Morgan fingerprint density at radius 3 is 2.35 bits per heavy atom. The predicted molar refractivity (Wildman–Crippen MR) is 116 cm³/mol. The fourth-order valence-corrected chi connectivity index (χ4v) is 4.27. The molecule has 1 aliphatic rings. The number of anilines is 1. The topological polar surface area (TPSA) is 135 Å². The van der Waals surface area contributed by atoms with Gasteiger partial charge in [-0.05, 0) is 41.5 Å². The fraction of sp³-hybridized carbons (Fsp3) is 0.0476. The zero-order chi connectivity index (χ0) is 22.4. The van der Waals surface area contributed by atoms with E-state index < -0.39 is 17.8 Å². The summed E-state index contributed by atoms with van der Waals surface area (Å²) in [5, 5.41) is 21.4. The molecule has 0 bridgehead atoms. The number of halogens is 2. The van der Waals surface area contributed by atoms with E-state index in [9.17, 15) is 24.2 Å². The average Bonchev–Trinajstić information content (AvgIpc) is 2.98. The summed E-state index contributed by atoms with van der Waals surface area (Å²) in [6.07, 6.45) is 1.13. The number of carboxylic acids is 2. The number of fused-ring (bicyclic) bond motifs is 2. The van der Waals surface area contributed by atoms with Gasteiger partial charge in [-0.2, -0.15) is 0 Å². The van der Waals surface area contributed by atoms with Gasteiger partial charge < -0.3 is 20.5 Å². The lowest BCUT2D eigenvalue weighted by Gasteiger charge is -2.21. The van der Waals surface area contributed by atoms with Crippen molar-refractivity contribution in [3.05, 3.63) is 81.5 Å². The van der Waals surface area contributed by atoms with Gasteiger partial charge >= 0.3 is 11.9 Å². The molecule has 0 radical (unpaired) electrons. The van der Waals surface area contributed by atoms with Gasteiger partial charge in [0.05, 0.1) is 29.2 Å². The molecule has 2 aromatic carbocycles. The highest BCUT2D eigenvalue weighted by Crippen LogP contribution is 2.41. The molecule has 2 heterocycles. The van der Waals surface area contributed by atoms with Gasteiger partial charge in [0.2, 0.25) is 0 Å². The lowest BCUT2D eigenvalue weighted by molar-refractivity contribution is 0.0682. The van der Waals surface area contributed by atoms with Crippen molar-refractivity contribution < 1.29 is 24.2 Å². The first kappa shape index (κ1) is 20.6. The van der Waals surface area contributed by atoms with Crippen molar-refractivity contribution in [2.45, 2.75) is 6.54 Å². The number of nitrogens with zero attached hydrogens (tertiary/aromatic N) is 2. The number of aromatic nitrogens is 1. The maximum absolute atomic E-state index is 13.5. The molecule has 8 nitrogen and oxygen atoms in total. The number of hydrogen-bond acceptors (Lipinski definition) is 5. The average molecular weight is 487 g/mol. The second-order valence-electron chi connectivity index (χ2n) is 6.85. The Kier molecular flexibility index (Phi) is 5.03. The summed E-state index contributed by atoms with van der Waals surface area (Å²) in [5.74, 6) is 3.05. The molecule has 3 aromatic rings. The summed E-state index contributed by atoms with van der Waals surface area (Å²) < 4.78 is 15.6. The number of benzene rings is 2. The van der Waals surface area contributed by atoms with Crippen LogP contribution in [0.3, 0.4) is 0 Å². The van der Waals surface area contributed by atoms with Crippen LogP contribution in [-0.2, 0) is 6.54 Å². The van der Waals surface area contributed by atoms with Crippen LogP contribution in [0.4, 0.5) is 10.1 Å². The highest BCUT2D eigenvalue weighted by molar-refractivity contribution is 9.10. The Labute approximate surface area is 183 Å². The third-order valence-electron chi connectivity index (χ3n) is 5.10. The molecule has 10 heteroatoms. The van der Waals surface area contributed by atoms with Crippen molar-refractivity contribution in [2.24, 2.45) is 11.6 Å².